The molecule has 14 heavy (non-hydrogen) atoms. The summed E-state index contributed by atoms with van der Waals surface area (Å²) in [5.74, 6) is -1.39. The van der Waals surface area contributed by atoms with E-state index in [1.807, 2.05) is 0 Å². The van der Waals surface area contributed by atoms with Crippen molar-refractivity contribution >= 4 is 12.2 Å². The van der Waals surface area contributed by atoms with Crippen molar-refractivity contribution in [2.45, 2.75) is 0 Å². The lowest BCUT2D eigenvalue weighted by atomic mass is 10.2. The Morgan fingerprint density at radius 1 is 1.36 bits per heavy atom. The van der Waals surface area contributed by atoms with E-state index in [4.69, 9.17) is 4.42 Å². The van der Waals surface area contributed by atoms with Gasteiger partial charge in [-0.25, -0.2) is 13.9 Å². The maximum atomic E-state index is 13.2. The van der Waals surface area contributed by atoms with Gasteiger partial charge in [0.15, 0.2) is 0 Å². The number of aromatic amines is 1. The molecule has 2 rings (SSSR count). The quantitative estimate of drug-likeness (QED) is 0.742. The smallest absolute Gasteiger partial charge is 0.284 e. The molecule has 0 spiro atoms. The molecular weight excluding hydrogens is 210 g/mol. The molecule has 0 radical (unpaired) electrons. The Morgan fingerprint density at radius 2 is 2.14 bits per heavy atom. The Kier molecular flexibility index (Phi) is 2.12. The predicted octanol–water partition coefficient (Wildman–Crippen LogP) is 2.68. The van der Waals surface area contributed by atoms with Crippen molar-refractivity contribution in [3.05, 3.63) is 34.7 Å². The molecule has 0 fully saturated rings. The van der Waals surface area contributed by atoms with Gasteiger partial charge in [0, 0.05) is 6.07 Å². The van der Waals surface area contributed by atoms with Gasteiger partial charge in [0.2, 0.25) is 5.89 Å². The molecule has 0 atom stereocenters. The maximum Gasteiger partial charge on any atom is 0.284 e. The SMILES string of the molecule is Fc1ccc(-c2n[nH]c(=S)o2)c(F)c1. The zero-order valence-electron chi connectivity index (χ0n) is 6.75. The highest BCUT2D eigenvalue weighted by molar-refractivity contribution is 7.71. The first-order chi connectivity index (χ1) is 6.66. The Hall–Kier alpha value is -1.56. The zero-order valence-corrected chi connectivity index (χ0v) is 7.57. The minimum absolute atomic E-state index is 0.00694. The number of halogens is 2. The van der Waals surface area contributed by atoms with Gasteiger partial charge in [-0.2, -0.15) is 0 Å². The molecule has 1 aromatic heterocycles. The lowest BCUT2D eigenvalue weighted by molar-refractivity contribution is 0.539. The predicted molar refractivity (Wildman–Crippen MR) is 47.0 cm³/mol. The number of H-pyrrole nitrogens is 1. The molecular formula is C8H4F2N2OS. The van der Waals surface area contributed by atoms with Crippen molar-refractivity contribution in [2.75, 3.05) is 0 Å². The van der Waals surface area contributed by atoms with Crippen molar-refractivity contribution in [1.82, 2.24) is 10.2 Å². The second-order valence-electron chi connectivity index (χ2n) is 2.54. The summed E-state index contributed by atoms with van der Waals surface area (Å²) in [5.41, 5.74) is 0.0683. The third-order valence-electron chi connectivity index (χ3n) is 1.60. The van der Waals surface area contributed by atoms with Crippen LogP contribution in [0.3, 0.4) is 0 Å². The van der Waals surface area contributed by atoms with E-state index in [2.05, 4.69) is 22.4 Å². The average Bonchev–Trinajstić information content (AvgIpc) is 2.51. The van der Waals surface area contributed by atoms with E-state index in [-0.39, 0.29) is 16.3 Å². The minimum Gasteiger partial charge on any atom is -0.409 e. The number of aromatic nitrogens is 2. The molecule has 72 valence electrons. The summed E-state index contributed by atoms with van der Waals surface area (Å²) >= 11 is 4.62. The Bertz CT molecular complexity index is 520. The van der Waals surface area contributed by atoms with Gasteiger partial charge in [-0.15, -0.1) is 5.10 Å². The highest BCUT2D eigenvalue weighted by Gasteiger charge is 2.10. The second-order valence-corrected chi connectivity index (χ2v) is 2.91. The molecule has 6 heteroatoms. The van der Waals surface area contributed by atoms with E-state index in [1.54, 1.807) is 0 Å². The van der Waals surface area contributed by atoms with Crippen LogP contribution in [0.15, 0.2) is 22.6 Å². The normalized spacial score (nSPS) is 10.4. The molecule has 0 saturated heterocycles. The Labute approximate surface area is 82.4 Å². The molecule has 0 aliphatic heterocycles. The van der Waals surface area contributed by atoms with E-state index in [9.17, 15) is 8.78 Å². The fourth-order valence-electron chi connectivity index (χ4n) is 1.01. The number of benzene rings is 1. The molecule has 1 heterocycles. The molecule has 1 N–H and O–H groups in total. The van der Waals surface area contributed by atoms with Gasteiger partial charge < -0.3 is 4.42 Å². The fourth-order valence-corrected chi connectivity index (χ4v) is 1.13. The lowest BCUT2D eigenvalue weighted by Crippen LogP contribution is -1.86. The number of nitrogens with zero attached hydrogens (tertiary/aromatic N) is 1. The molecule has 3 nitrogen and oxygen atoms in total. The maximum absolute atomic E-state index is 13.2. The molecule has 2 aromatic rings. The first kappa shape index (κ1) is 9.01. The average molecular weight is 214 g/mol. The first-order valence-corrected chi connectivity index (χ1v) is 4.08. The largest absolute Gasteiger partial charge is 0.409 e. The zero-order chi connectivity index (χ0) is 10.1. The van der Waals surface area contributed by atoms with Crippen molar-refractivity contribution < 1.29 is 13.2 Å². The molecule has 0 aliphatic rings. The van der Waals surface area contributed by atoms with Gasteiger partial charge in [-0.3, -0.25) is 0 Å². The van der Waals surface area contributed by atoms with Crippen LogP contribution in [0.2, 0.25) is 0 Å². The van der Waals surface area contributed by atoms with Gasteiger partial charge >= 0.3 is 0 Å². The van der Waals surface area contributed by atoms with E-state index >= 15 is 0 Å². The summed E-state index contributed by atoms with van der Waals surface area (Å²) in [7, 11) is 0. The number of hydrogen-bond acceptors (Lipinski definition) is 3. The van der Waals surface area contributed by atoms with Gasteiger partial charge in [0.05, 0.1) is 5.56 Å². The van der Waals surface area contributed by atoms with Crippen LogP contribution in [0.1, 0.15) is 0 Å². The highest BCUT2D eigenvalue weighted by atomic mass is 32.1. The summed E-state index contributed by atoms with van der Waals surface area (Å²) in [6.07, 6.45) is 0. The Morgan fingerprint density at radius 3 is 2.71 bits per heavy atom. The van der Waals surface area contributed by atoms with Crippen LogP contribution < -0.4 is 0 Å². The summed E-state index contributed by atoms with van der Waals surface area (Å²) in [5, 5.41) is 5.96. The third kappa shape index (κ3) is 1.56. The van der Waals surface area contributed by atoms with Crippen LogP contribution >= 0.6 is 12.2 Å². The van der Waals surface area contributed by atoms with Crippen molar-refractivity contribution in [3.63, 3.8) is 0 Å². The highest BCUT2D eigenvalue weighted by Crippen LogP contribution is 2.20. The summed E-state index contributed by atoms with van der Waals surface area (Å²) in [6, 6.07) is 3.10. The van der Waals surface area contributed by atoms with Crippen molar-refractivity contribution in [3.8, 4) is 11.5 Å². The lowest BCUT2D eigenvalue weighted by Gasteiger charge is -1.96. The number of hydrogen-bond donors (Lipinski definition) is 1. The van der Waals surface area contributed by atoms with Gasteiger partial charge in [-0.05, 0) is 24.4 Å². The summed E-state index contributed by atoms with van der Waals surface area (Å²) in [4.78, 5) is 0.0451. The molecule has 0 aliphatic carbocycles. The molecule has 0 unspecified atom stereocenters. The standard InChI is InChI=1S/C8H4F2N2OS/c9-4-1-2-5(6(10)3-4)7-11-12-8(14)13-7/h1-3H,(H,12,14). The first-order valence-electron chi connectivity index (χ1n) is 3.68. The van der Waals surface area contributed by atoms with Gasteiger partial charge in [0.1, 0.15) is 11.6 Å². The van der Waals surface area contributed by atoms with Crippen molar-refractivity contribution in [2.24, 2.45) is 0 Å². The topological polar surface area (TPSA) is 41.8 Å². The van der Waals surface area contributed by atoms with E-state index in [0.29, 0.717) is 0 Å². The number of rotatable bonds is 1. The third-order valence-corrected chi connectivity index (χ3v) is 1.77. The summed E-state index contributed by atoms with van der Waals surface area (Å²) < 4.78 is 30.6. The molecule has 0 saturated carbocycles. The molecule has 0 amide bonds. The van der Waals surface area contributed by atoms with E-state index in [1.165, 1.54) is 6.07 Å². The van der Waals surface area contributed by atoms with Crippen LogP contribution in [0.5, 0.6) is 0 Å². The van der Waals surface area contributed by atoms with Crippen LogP contribution in [0.4, 0.5) is 8.78 Å². The van der Waals surface area contributed by atoms with Crippen molar-refractivity contribution in [1.29, 1.82) is 0 Å². The van der Waals surface area contributed by atoms with Crippen LogP contribution in [-0.4, -0.2) is 10.2 Å². The van der Waals surface area contributed by atoms with Crippen LogP contribution in [0.25, 0.3) is 11.5 Å². The van der Waals surface area contributed by atoms with E-state index in [0.717, 1.165) is 12.1 Å². The number of nitrogens with one attached hydrogen (secondary N) is 1. The molecule has 0 bridgehead atoms. The van der Waals surface area contributed by atoms with Gasteiger partial charge in [-0.1, -0.05) is 0 Å². The second kappa shape index (κ2) is 3.30. The minimum atomic E-state index is -0.741. The van der Waals surface area contributed by atoms with Crippen LogP contribution in [-0.2, 0) is 0 Å². The Balaban J connectivity index is 2.57. The fraction of sp³-hybridized carbons (Fsp3) is 0. The van der Waals surface area contributed by atoms with Gasteiger partial charge in [0.25, 0.3) is 4.84 Å². The molecule has 1 aromatic carbocycles. The van der Waals surface area contributed by atoms with E-state index < -0.39 is 11.6 Å². The summed E-state index contributed by atoms with van der Waals surface area (Å²) in [6.45, 7) is 0. The van der Waals surface area contributed by atoms with Crippen LogP contribution in [0, 0.1) is 16.5 Å². The monoisotopic (exact) mass is 214 g/mol.